The zero-order chi connectivity index (χ0) is 16.5. The molecule has 1 amide bonds. The molecule has 0 heterocycles. The van der Waals surface area contributed by atoms with E-state index in [1.54, 1.807) is 24.4 Å². The lowest BCUT2D eigenvalue weighted by atomic mass is 10.1. The lowest BCUT2D eigenvalue weighted by Gasteiger charge is -2.03. The summed E-state index contributed by atoms with van der Waals surface area (Å²) in [6.07, 6.45) is 3.52. The number of nitrogens with zero attached hydrogens (tertiary/aromatic N) is 1. The van der Waals surface area contributed by atoms with Crippen molar-refractivity contribution in [3.63, 3.8) is 0 Å². The number of halogens is 1. The molecule has 0 spiro atoms. The van der Waals surface area contributed by atoms with Gasteiger partial charge in [0.25, 0.3) is 0 Å². The van der Waals surface area contributed by atoms with Gasteiger partial charge in [-0.05, 0) is 47.5 Å². The molecular weight excluding hydrogens is 312 g/mol. The highest BCUT2D eigenvalue weighted by Crippen LogP contribution is 2.11. The Kier molecular flexibility index (Phi) is 6.39. The minimum absolute atomic E-state index is 0.186. The fraction of sp³-hybridized carbons (Fsp3) is 0.111. The maximum Gasteiger partial charge on any atom is 0.244 e. The molecule has 0 saturated heterocycles. The van der Waals surface area contributed by atoms with E-state index in [1.165, 1.54) is 0 Å². The Hall–Kier alpha value is -2.59. The van der Waals surface area contributed by atoms with Gasteiger partial charge >= 0.3 is 0 Å². The van der Waals surface area contributed by atoms with E-state index in [9.17, 15) is 4.79 Å². The lowest BCUT2D eigenvalue weighted by Crippen LogP contribution is -2.19. The summed E-state index contributed by atoms with van der Waals surface area (Å²) in [6, 6.07) is 14.5. The van der Waals surface area contributed by atoms with Crippen LogP contribution < -0.4 is 10.2 Å². The summed E-state index contributed by atoms with van der Waals surface area (Å²) in [5, 5.41) is 4.59. The average molecular weight is 329 g/mol. The molecule has 0 atom stereocenters. The topological polar surface area (TPSA) is 50.7 Å². The Morgan fingerprint density at radius 2 is 1.87 bits per heavy atom. The molecule has 1 N–H and O–H groups in total. The van der Waals surface area contributed by atoms with Crippen LogP contribution in [0.25, 0.3) is 0 Å². The third-order valence-electron chi connectivity index (χ3n) is 2.93. The summed E-state index contributed by atoms with van der Waals surface area (Å²) in [5.41, 5.74) is 4.24. The van der Waals surface area contributed by atoms with Crippen LogP contribution in [0.1, 0.15) is 11.1 Å². The van der Waals surface area contributed by atoms with Gasteiger partial charge in [0, 0.05) is 5.02 Å². The van der Waals surface area contributed by atoms with Crippen molar-refractivity contribution in [2.24, 2.45) is 5.10 Å². The first kappa shape index (κ1) is 16.8. The number of hydrogen-bond donors (Lipinski definition) is 1. The van der Waals surface area contributed by atoms with Crippen LogP contribution in [0.5, 0.6) is 5.75 Å². The Bertz CT molecular complexity index is 679. The molecular formula is C18H17ClN2O2. The molecule has 0 saturated carbocycles. The van der Waals surface area contributed by atoms with E-state index < -0.39 is 0 Å². The smallest absolute Gasteiger partial charge is 0.244 e. The molecule has 0 unspecified atom stereocenters. The van der Waals surface area contributed by atoms with Crippen LogP contribution in [0.2, 0.25) is 5.02 Å². The Morgan fingerprint density at radius 3 is 2.52 bits per heavy atom. The standard InChI is InChI=1S/C18H17ClN2O2/c1-2-11-23-17-9-5-15(6-10-17)13-20-21-18(22)12-14-3-7-16(19)8-4-14/h2-10,13H,1,11-12H2,(H,21,22)/b20-13+. The second-order valence-electron chi connectivity index (χ2n) is 4.77. The molecule has 2 rings (SSSR count). The number of hydrogen-bond acceptors (Lipinski definition) is 3. The van der Waals surface area contributed by atoms with Gasteiger partial charge in [0.1, 0.15) is 12.4 Å². The van der Waals surface area contributed by atoms with E-state index in [0.29, 0.717) is 11.6 Å². The zero-order valence-electron chi connectivity index (χ0n) is 12.5. The molecule has 5 heteroatoms. The number of hydrazone groups is 1. The van der Waals surface area contributed by atoms with Crippen molar-refractivity contribution in [3.8, 4) is 5.75 Å². The molecule has 0 radical (unpaired) electrons. The van der Waals surface area contributed by atoms with Gasteiger partial charge in [-0.1, -0.05) is 36.4 Å². The minimum Gasteiger partial charge on any atom is -0.490 e. The number of ether oxygens (including phenoxy) is 1. The molecule has 0 bridgehead atoms. The number of carbonyl (C=O) groups excluding carboxylic acids is 1. The van der Waals surface area contributed by atoms with E-state index in [4.69, 9.17) is 16.3 Å². The number of nitrogens with one attached hydrogen (secondary N) is 1. The van der Waals surface area contributed by atoms with Crippen molar-refractivity contribution in [3.05, 3.63) is 77.3 Å². The normalized spacial score (nSPS) is 10.5. The quantitative estimate of drug-likeness (QED) is 0.479. The van der Waals surface area contributed by atoms with Crippen LogP contribution in [0.3, 0.4) is 0 Å². The summed E-state index contributed by atoms with van der Waals surface area (Å²) in [5.74, 6) is 0.573. The second kappa shape index (κ2) is 8.76. The first-order chi connectivity index (χ1) is 11.2. The van der Waals surface area contributed by atoms with Gasteiger partial charge in [0.2, 0.25) is 5.91 Å². The molecule has 4 nitrogen and oxygen atoms in total. The highest BCUT2D eigenvalue weighted by Gasteiger charge is 2.01. The predicted octanol–water partition coefficient (Wildman–Crippen LogP) is 3.60. The van der Waals surface area contributed by atoms with Crippen LogP contribution in [0, 0.1) is 0 Å². The van der Waals surface area contributed by atoms with Gasteiger partial charge in [-0.2, -0.15) is 5.10 Å². The summed E-state index contributed by atoms with van der Waals surface area (Å²) < 4.78 is 5.39. The van der Waals surface area contributed by atoms with Crippen molar-refractivity contribution in [2.75, 3.05) is 6.61 Å². The van der Waals surface area contributed by atoms with E-state index in [2.05, 4.69) is 17.1 Å². The van der Waals surface area contributed by atoms with Crippen molar-refractivity contribution >= 4 is 23.7 Å². The number of rotatable bonds is 7. The van der Waals surface area contributed by atoms with Crippen LogP contribution in [0.4, 0.5) is 0 Å². The fourth-order valence-corrected chi connectivity index (χ4v) is 1.94. The maximum atomic E-state index is 11.8. The minimum atomic E-state index is -0.186. The van der Waals surface area contributed by atoms with E-state index in [-0.39, 0.29) is 12.3 Å². The monoisotopic (exact) mass is 328 g/mol. The highest BCUT2D eigenvalue weighted by molar-refractivity contribution is 6.30. The molecule has 0 aliphatic carbocycles. The van der Waals surface area contributed by atoms with Gasteiger partial charge in [-0.3, -0.25) is 4.79 Å². The first-order valence-electron chi connectivity index (χ1n) is 7.07. The first-order valence-corrected chi connectivity index (χ1v) is 7.45. The highest BCUT2D eigenvalue weighted by atomic mass is 35.5. The molecule has 23 heavy (non-hydrogen) atoms. The maximum absolute atomic E-state index is 11.8. The third kappa shape index (κ3) is 5.96. The van der Waals surface area contributed by atoms with Crippen molar-refractivity contribution in [1.29, 1.82) is 0 Å². The summed E-state index contributed by atoms with van der Waals surface area (Å²) in [6.45, 7) is 4.06. The Morgan fingerprint density at radius 1 is 1.17 bits per heavy atom. The van der Waals surface area contributed by atoms with Crippen LogP contribution >= 0.6 is 11.6 Å². The third-order valence-corrected chi connectivity index (χ3v) is 3.18. The van der Waals surface area contributed by atoms with Gasteiger partial charge in [0.05, 0.1) is 12.6 Å². The molecule has 118 valence electrons. The van der Waals surface area contributed by atoms with Crippen molar-refractivity contribution in [1.82, 2.24) is 5.43 Å². The number of amides is 1. The SMILES string of the molecule is C=CCOc1ccc(/C=N/NC(=O)Cc2ccc(Cl)cc2)cc1. The van der Waals surface area contributed by atoms with E-state index in [1.807, 2.05) is 36.4 Å². The van der Waals surface area contributed by atoms with Crippen LogP contribution in [-0.2, 0) is 11.2 Å². The van der Waals surface area contributed by atoms with Crippen molar-refractivity contribution in [2.45, 2.75) is 6.42 Å². The molecule has 0 aliphatic heterocycles. The van der Waals surface area contributed by atoms with Crippen LogP contribution in [0.15, 0.2) is 66.3 Å². The van der Waals surface area contributed by atoms with Gasteiger partial charge < -0.3 is 4.74 Å². The van der Waals surface area contributed by atoms with E-state index in [0.717, 1.165) is 16.9 Å². The summed E-state index contributed by atoms with van der Waals surface area (Å²) >= 11 is 5.80. The Labute approximate surface area is 140 Å². The summed E-state index contributed by atoms with van der Waals surface area (Å²) in [4.78, 5) is 11.8. The van der Waals surface area contributed by atoms with Crippen LogP contribution in [-0.4, -0.2) is 18.7 Å². The molecule has 2 aromatic carbocycles. The van der Waals surface area contributed by atoms with Crippen molar-refractivity contribution < 1.29 is 9.53 Å². The molecule has 0 aliphatic rings. The molecule has 2 aromatic rings. The van der Waals surface area contributed by atoms with E-state index >= 15 is 0 Å². The average Bonchev–Trinajstić information content (AvgIpc) is 2.56. The lowest BCUT2D eigenvalue weighted by molar-refractivity contribution is -0.120. The largest absolute Gasteiger partial charge is 0.490 e. The number of carbonyl (C=O) groups is 1. The fourth-order valence-electron chi connectivity index (χ4n) is 1.81. The van der Waals surface area contributed by atoms with Gasteiger partial charge in [0.15, 0.2) is 0 Å². The predicted molar refractivity (Wildman–Crippen MR) is 93.0 cm³/mol. The molecule has 0 fully saturated rings. The molecule has 0 aromatic heterocycles. The second-order valence-corrected chi connectivity index (χ2v) is 5.20. The number of benzene rings is 2. The van der Waals surface area contributed by atoms with Gasteiger partial charge in [-0.25, -0.2) is 5.43 Å². The summed E-state index contributed by atoms with van der Waals surface area (Å²) in [7, 11) is 0. The Balaban J connectivity index is 1.82. The zero-order valence-corrected chi connectivity index (χ0v) is 13.3. The van der Waals surface area contributed by atoms with Gasteiger partial charge in [-0.15, -0.1) is 0 Å².